The summed E-state index contributed by atoms with van der Waals surface area (Å²) in [6, 6.07) is 9.79. The number of nitrogens with one attached hydrogen (secondary N) is 2. The van der Waals surface area contributed by atoms with Crippen LogP contribution in [0.1, 0.15) is 12.5 Å². The molecule has 24 heavy (non-hydrogen) atoms. The first-order valence-electron chi connectivity index (χ1n) is 7.17. The second-order valence-corrected chi connectivity index (χ2v) is 8.04. The molecule has 1 aliphatic heterocycles. The maximum atomic E-state index is 12.6. The van der Waals surface area contributed by atoms with Crippen LogP contribution in [0.4, 0.5) is 11.4 Å². The van der Waals surface area contributed by atoms with Crippen molar-refractivity contribution >= 4 is 43.2 Å². The first kappa shape index (κ1) is 16.8. The van der Waals surface area contributed by atoms with Crippen molar-refractivity contribution in [2.45, 2.75) is 24.8 Å². The van der Waals surface area contributed by atoms with Gasteiger partial charge in [0.2, 0.25) is 0 Å². The van der Waals surface area contributed by atoms with Gasteiger partial charge in [-0.2, -0.15) is 0 Å². The first-order valence-corrected chi connectivity index (χ1v) is 9.44. The van der Waals surface area contributed by atoms with Crippen LogP contribution in [0.3, 0.4) is 0 Å². The highest BCUT2D eigenvalue weighted by molar-refractivity contribution is 9.10. The summed E-state index contributed by atoms with van der Waals surface area (Å²) in [5, 5.41) is 2.69. The maximum absolute atomic E-state index is 12.6. The second-order valence-electron chi connectivity index (χ2n) is 5.48. The highest BCUT2D eigenvalue weighted by Gasteiger charge is 2.24. The maximum Gasteiger partial charge on any atom is 0.265 e. The summed E-state index contributed by atoms with van der Waals surface area (Å²) in [7, 11) is -3.75. The number of anilines is 2. The Labute approximate surface area is 148 Å². The number of amides is 1. The fourth-order valence-corrected chi connectivity index (χ4v) is 4.18. The SMILES string of the molecule is Cc1ccc(Br)cc1S(=O)(=O)Nc1ccc2c(c1)NC(=O)[C@@H](C)O2. The van der Waals surface area contributed by atoms with Gasteiger partial charge in [-0.3, -0.25) is 9.52 Å². The zero-order valence-electron chi connectivity index (χ0n) is 13.0. The van der Waals surface area contributed by atoms with Crippen molar-refractivity contribution in [1.29, 1.82) is 0 Å². The first-order chi connectivity index (χ1) is 11.3. The fraction of sp³-hybridized carbons (Fsp3) is 0.188. The number of ether oxygens (including phenoxy) is 1. The van der Waals surface area contributed by atoms with Crippen LogP contribution >= 0.6 is 15.9 Å². The van der Waals surface area contributed by atoms with Gasteiger partial charge in [0.05, 0.1) is 16.3 Å². The molecule has 0 aliphatic carbocycles. The number of aryl methyl sites for hydroxylation is 1. The molecule has 0 saturated carbocycles. The fourth-order valence-electron chi connectivity index (χ4n) is 2.35. The van der Waals surface area contributed by atoms with E-state index in [0.29, 0.717) is 27.2 Å². The van der Waals surface area contributed by atoms with Gasteiger partial charge in [0.1, 0.15) is 5.75 Å². The lowest BCUT2D eigenvalue weighted by Gasteiger charge is -2.23. The molecule has 126 valence electrons. The highest BCUT2D eigenvalue weighted by Crippen LogP contribution is 2.33. The van der Waals surface area contributed by atoms with Gasteiger partial charge in [0.15, 0.2) is 6.10 Å². The molecule has 0 bridgehead atoms. The minimum atomic E-state index is -3.75. The van der Waals surface area contributed by atoms with E-state index in [4.69, 9.17) is 4.74 Å². The Kier molecular flexibility index (Phi) is 4.27. The quantitative estimate of drug-likeness (QED) is 0.812. The van der Waals surface area contributed by atoms with E-state index < -0.39 is 16.1 Å². The number of fused-ring (bicyclic) bond motifs is 1. The van der Waals surface area contributed by atoms with Gasteiger partial charge in [0.25, 0.3) is 15.9 Å². The van der Waals surface area contributed by atoms with Crippen LogP contribution in [0.5, 0.6) is 5.75 Å². The molecular weight excluding hydrogens is 396 g/mol. The van der Waals surface area contributed by atoms with Gasteiger partial charge < -0.3 is 10.1 Å². The Morgan fingerprint density at radius 1 is 1.21 bits per heavy atom. The third-order valence-electron chi connectivity index (χ3n) is 3.60. The number of carbonyl (C=O) groups excluding carboxylic acids is 1. The molecule has 2 N–H and O–H groups in total. The van der Waals surface area contributed by atoms with Crippen molar-refractivity contribution in [3.05, 3.63) is 46.4 Å². The molecule has 1 heterocycles. The molecule has 0 saturated heterocycles. The molecule has 8 heteroatoms. The van der Waals surface area contributed by atoms with Crippen molar-refractivity contribution in [2.24, 2.45) is 0 Å². The van der Waals surface area contributed by atoms with E-state index in [1.807, 2.05) is 0 Å². The molecule has 3 rings (SSSR count). The molecule has 0 unspecified atom stereocenters. The third kappa shape index (κ3) is 3.25. The molecule has 1 atom stereocenters. The summed E-state index contributed by atoms with van der Waals surface area (Å²) in [6.45, 7) is 3.37. The standard InChI is InChI=1S/C16H15BrN2O4S/c1-9-3-4-11(17)7-15(9)24(21,22)19-12-5-6-14-13(8-12)18-16(20)10(2)23-14/h3-8,10,19H,1-2H3,(H,18,20)/t10-/m1/s1. The van der Waals surface area contributed by atoms with Gasteiger partial charge >= 0.3 is 0 Å². The second kappa shape index (κ2) is 6.10. The number of hydrogen-bond acceptors (Lipinski definition) is 4. The third-order valence-corrected chi connectivity index (χ3v) is 5.62. The predicted octanol–water partition coefficient (Wildman–Crippen LogP) is 3.28. The number of sulfonamides is 1. The summed E-state index contributed by atoms with van der Waals surface area (Å²) in [4.78, 5) is 11.9. The van der Waals surface area contributed by atoms with Crippen molar-refractivity contribution in [2.75, 3.05) is 10.0 Å². The van der Waals surface area contributed by atoms with E-state index >= 15 is 0 Å². The van der Waals surface area contributed by atoms with E-state index in [9.17, 15) is 13.2 Å². The van der Waals surface area contributed by atoms with Crippen molar-refractivity contribution in [3.63, 3.8) is 0 Å². The monoisotopic (exact) mass is 410 g/mol. The van der Waals surface area contributed by atoms with Crippen molar-refractivity contribution in [3.8, 4) is 5.75 Å². The Morgan fingerprint density at radius 3 is 2.71 bits per heavy atom. The van der Waals surface area contributed by atoms with E-state index in [1.165, 1.54) is 6.07 Å². The molecule has 0 aromatic heterocycles. The number of hydrogen-bond donors (Lipinski definition) is 2. The molecule has 2 aromatic rings. The molecule has 0 spiro atoms. The molecule has 1 aliphatic rings. The molecule has 6 nitrogen and oxygen atoms in total. The van der Waals surface area contributed by atoms with Crippen molar-refractivity contribution < 1.29 is 17.9 Å². The molecule has 1 amide bonds. The zero-order chi connectivity index (χ0) is 17.5. The minimum absolute atomic E-state index is 0.184. The minimum Gasteiger partial charge on any atom is -0.479 e. The summed E-state index contributed by atoms with van der Waals surface area (Å²) in [5.41, 5.74) is 1.41. The average Bonchev–Trinajstić information content (AvgIpc) is 2.50. The van der Waals surface area contributed by atoms with E-state index in [2.05, 4.69) is 26.0 Å². The van der Waals surface area contributed by atoms with Crippen LogP contribution in [0, 0.1) is 6.92 Å². The predicted molar refractivity (Wildman–Crippen MR) is 94.8 cm³/mol. The number of carbonyl (C=O) groups is 1. The smallest absolute Gasteiger partial charge is 0.265 e. The Bertz CT molecular complexity index is 928. The zero-order valence-corrected chi connectivity index (χ0v) is 15.4. The van der Waals surface area contributed by atoms with E-state index in [1.54, 1.807) is 44.2 Å². The van der Waals surface area contributed by atoms with Gasteiger partial charge in [-0.05, 0) is 49.7 Å². The Balaban J connectivity index is 1.92. The normalized spacial score (nSPS) is 16.8. The van der Waals surface area contributed by atoms with Crippen LogP contribution in [0.2, 0.25) is 0 Å². The summed E-state index contributed by atoms with van der Waals surface area (Å²) < 4.78 is 33.9. The van der Waals surface area contributed by atoms with Crippen LogP contribution in [0.25, 0.3) is 0 Å². The topological polar surface area (TPSA) is 84.5 Å². The molecule has 2 aromatic carbocycles. The van der Waals surface area contributed by atoms with Crippen molar-refractivity contribution in [1.82, 2.24) is 0 Å². The summed E-state index contributed by atoms with van der Waals surface area (Å²) >= 11 is 3.28. The molecular formula is C16H15BrN2O4S. The summed E-state index contributed by atoms with van der Waals surface area (Å²) in [6.07, 6.45) is -0.579. The van der Waals surface area contributed by atoms with Crippen LogP contribution in [0.15, 0.2) is 45.8 Å². The molecule has 0 radical (unpaired) electrons. The Morgan fingerprint density at radius 2 is 1.96 bits per heavy atom. The number of halogens is 1. The van der Waals surface area contributed by atoms with Gasteiger partial charge in [-0.15, -0.1) is 0 Å². The van der Waals surface area contributed by atoms with E-state index in [0.717, 1.165) is 0 Å². The van der Waals surface area contributed by atoms with Gasteiger partial charge in [0, 0.05) is 4.47 Å². The number of rotatable bonds is 3. The van der Waals surface area contributed by atoms with Crippen LogP contribution < -0.4 is 14.8 Å². The highest BCUT2D eigenvalue weighted by atomic mass is 79.9. The largest absolute Gasteiger partial charge is 0.479 e. The number of benzene rings is 2. The van der Waals surface area contributed by atoms with E-state index in [-0.39, 0.29) is 10.8 Å². The van der Waals surface area contributed by atoms with Gasteiger partial charge in [-0.1, -0.05) is 22.0 Å². The van der Waals surface area contributed by atoms with Crippen LogP contribution in [-0.4, -0.2) is 20.4 Å². The summed E-state index contributed by atoms with van der Waals surface area (Å²) in [5.74, 6) is 0.231. The van der Waals surface area contributed by atoms with Gasteiger partial charge in [-0.25, -0.2) is 8.42 Å². The lowest BCUT2D eigenvalue weighted by atomic mass is 10.2. The van der Waals surface area contributed by atoms with Crippen LogP contribution in [-0.2, 0) is 14.8 Å². The molecule has 0 fully saturated rings. The lowest BCUT2D eigenvalue weighted by molar-refractivity contribution is -0.122. The lowest BCUT2D eigenvalue weighted by Crippen LogP contribution is -2.34. The average molecular weight is 411 g/mol. The Hall–Kier alpha value is -2.06.